The molecule has 1 unspecified atom stereocenters. The number of rotatable bonds is 9. The van der Waals surface area contributed by atoms with Gasteiger partial charge in [-0.1, -0.05) is 57.5 Å². The lowest BCUT2D eigenvalue weighted by Gasteiger charge is -2.18. The van der Waals surface area contributed by atoms with Crippen LogP contribution in [-0.2, 0) is 30.8 Å². The Balaban J connectivity index is 0.00000212. The molecule has 1 atom stereocenters. The minimum atomic E-state index is -3.88. The van der Waals surface area contributed by atoms with Crippen molar-refractivity contribution in [3.8, 4) is 0 Å². The zero-order chi connectivity index (χ0) is 23.9. The van der Waals surface area contributed by atoms with Crippen molar-refractivity contribution in [2.75, 3.05) is 19.0 Å². The standard InChI is InChI=1S/C19H22N2O5S.2C2H6/c1-14-3-9-17(10-4-14)27(24,25)21-18(13-26-2)19(23)20-16-7-5-15(6-8-16)11-12-22;2*1-2/h3-10,12,18,21H,11,13H2,1-2H3,(H,20,23);2*1-2H3. The van der Waals surface area contributed by atoms with Gasteiger partial charge in [0.1, 0.15) is 12.3 Å². The molecule has 2 aromatic carbocycles. The van der Waals surface area contributed by atoms with Crippen LogP contribution < -0.4 is 10.0 Å². The van der Waals surface area contributed by atoms with E-state index >= 15 is 0 Å². The number of carbonyl (C=O) groups is 2. The fourth-order valence-corrected chi connectivity index (χ4v) is 3.53. The summed E-state index contributed by atoms with van der Waals surface area (Å²) in [4.78, 5) is 23.1. The predicted molar refractivity (Wildman–Crippen MR) is 125 cm³/mol. The van der Waals surface area contributed by atoms with Gasteiger partial charge in [-0.05, 0) is 36.8 Å². The van der Waals surface area contributed by atoms with Crippen LogP contribution in [0.2, 0.25) is 0 Å². The highest BCUT2D eigenvalue weighted by Crippen LogP contribution is 2.13. The SMILES string of the molecule is CC.CC.COCC(NS(=O)(=O)c1ccc(C)cc1)C(=O)Nc1ccc(CC=O)cc1. The molecule has 1 amide bonds. The minimum absolute atomic E-state index is 0.0696. The lowest BCUT2D eigenvalue weighted by atomic mass is 10.1. The van der Waals surface area contributed by atoms with E-state index in [0.717, 1.165) is 17.4 Å². The molecule has 172 valence electrons. The highest BCUT2D eigenvalue weighted by molar-refractivity contribution is 7.89. The molecular weight excluding hydrogens is 416 g/mol. The Morgan fingerprint density at radius 3 is 2.03 bits per heavy atom. The van der Waals surface area contributed by atoms with E-state index in [1.165, 1.54) is 19.2 Å². The number of sulfonamides is 1. The van der Waals surface area contributed by atoms with E-state index in [0.29, 0.717) is 5.69 Å². The quantitative estimate of drug-likeness (QED) is 0.567. The molecule has 0 aliphatic carbocycles. The molecular formula is C23H34N2O5S. The second-order valence-electron chi connectivity index (χ2n) is 6.00. The summed E-state index contributed by atoms with van der Waals surface area (Å²) in [5.74, 6) is -0.546. The van der Waals surface area contributed by atoms with Crippen molar-refractivity contribution in [3.63, 3.8) is 0 Å². The first-order chi connectivity index (χ1) is 14.9. The van der Waals surface area contributed by atoms with E-state index < -0.39 is 22.0 Å². The summed E-state index contributed by atoms with van der Waals surface area (Å²) < 4.78 is 32.4. The molecule has 0 aliphatic rings. The molecule has 8 heteroatoms. The molecule has 2 aromatic rings. The Hall–Kier alpha value is -2.55. The summed E-state index contributed by atoms with van der Waals surface area (Å²) in [6, 6.07) is 11.9. The van der Waals surface area contributed by atoms with Crippen LogP contribution in [0, 0.1) is 6.92 Å². The maximum Gasteiger partial charge on any atom is 0.244 e. The van der Waals surface area contributed by atoms with E-state index in [-0.39, 0.29) is 17.9 Å². The van der Waals surface area contributed by atoms with Gasteiger partial charge in [-0.15, -0.1) is 0 Å². The first kappa shape index (κ1) is 28.5. The molecule has 0 aromatic heterocycles. The Labute approximate surface area is 186 Å². The highest BCUT2D eigenvalue weighted by Gasteiger charge is 2.26. The highest BCUT2D eigenvalue weighted by atomic mass is 32.2. The van der Waals surface area contributed by atoms with Crippen LogP contribution in [0.25, 0.3) is 0 Å². The average molecular weight is 451 g/mol. The topological polar surface area (TPSA) is 102 Å². The summed E-state index contributed by atoms with van der Waals surface area (Å²) in [7, 11) is -2.50. The number of aryl methyl sites for hydroxylation is 1. The van der Waals surface area contributed by atoms with Crippen molar-refractivity contribution >= 4 is 27.9 Å². The Morgan fingerprint density at radius 2 is 1.55 bits per heavy atom. The molecule has 7 nitrogen and oxygen atoms in total. The van der Waals surface area contributed by atoms with Crippen molar-refractivity contribution < 1.29 is 22.7 Å². The maximum atomic E-state index is 12.5. The number of benzene rings is 2. The Morgan fingerprint density at radius 1 is 1.00 bits per heavy atom. The molecule has 0 bridgehead atoms. The average Bonchev–Trinajstić information content (AvgIpc) is 2.78. The summed E-state index contributed by atoms with van der Waals surface area (Å²) in [5.41, 5.74) is 2.24. The van der Waals surface area contributed by atoms with Crippen LogP contribution in [-0.4, -0.2) is 40.4 Å². The van der Waals surface area contributed by atoms with Gasteiger partial charge < -0.3 is 14.8 Å². The van der Waals surface area contributed by atoms with E-state index in [9.17, 15) is 18.0 Å². The molecule has 31 heavy (non-hydrogen) atoms. The van der Waals surface area contributed by atoms with Crippen LogP contribution in [0.4, 0.5) is 5.69 Å². The number of amides is 1. The van der Waals surface area contributed by atoms with E-state index in [1.807, 2.05) is 34.6 Å². The van der Waals surface area contributed by atoms with Gasteiger partial charge in [0, 0.05) is 19.2 Å². The largest absolute Gasteiger partial charge is 0.382 e. The van der Waals surface area contributed by atoms with Gasteiger partial charge in [-0.2, -0.15) is 4.72 Å². The Bertz CT molecular complexity index is 879. The van der Waals surface area contributed by atoms with E-state index in [1.54, 1.807) is 36.4 Å². The van der Waals surface area contributed by atoms with Gasteiger partial charge in [0.2, 0.25) is 15.9 Å². The molecule has 0 spiro atoms. The van der Waals surface area contributed by atoms with Crippen molar-refractivity contribution in [1.29, 1.82) is 0 Å². The molecule has 0 radical (unpaired) electrons. The summed E-state index contributed by atoms with van der Waals surface area (Å²) in [6.45, 7) is 9.73. The minimum Gasteiger partial charge on any atom is -0.382 e. The van der Waals surface area contributed by atoms with Gasteiger partial charge in [0.15, 0.2) is 0 Å². The van der Waals surface area contributed by atoms with Crippen LogP contribution in [0.1, 0.15) is 38.8 Å². The molecule has 0 heterocycles. The van der Waals surface area contributed by atoms with Gasteiger partial charge in [0.25, 0.3) is 0 Å². The third-order valence-corrected chi connectivity index (χ3v) is 5.31. The van der Waals surface area contributed by atoms with E-state index in [4.69, 9.17) is 4.74 Å². The van der Waals surface area contributed by atoms with Gasteiger partial charge >= 0.3 is 0 Å². The summed E-state index contributed by atoms with van der Waals surface area (Å²) in [5, 5.41) is 2.65. The number of ether oxygens (including phenoxy) is 1. The Kier molecular flexibility index (Phi) is 14.0. The first-order valence-electron chi connectivity index (χ1n) is 10.3. The fraction of sp³-hybridized carbons (Fsp3) is 0.391. The molecule has 2 N–H and O–H groups in total. The van der Waals surface area contributed by atoms with Crippen molar-refractivity contribution in [2.24, 2.45) is 0 Å². The smallest absolute Gasteiger partial charge is 0.244 e. The maximum absolute atomic E-state index is 12.5. The van der Waals surface area contributed by atoms with Crippen molar-refractivity contribution in [1.82, 2.24) is 4.72 Å². The number of carbonyl (C=O) groups excluding carboxylic acids is 2. The number of hydrogen-bond donors (Lipinski definition) is 2. The number of aldehydes is 1. The zero-order valence-electron chi connectivity index (χ0n) is 19.1. The molecule has 0 saturated carbocycles. The normalized spacial score (nSPS) is 11.2. The second-order valence-corrected chi connectivity index (χ2v) is 7.71. The molecule has 2 rings (SSSR count). The van der Waals surface area contributed by atoms with Gasteiger partial charge in [-0.25, -0.2) is 8.42 Å². The van der Waals surface area contributed by atoms with E-state index in [2.05, 4.69) is 10.0 Å². The van der Waals surface area contributed by atoms with Crippen LogP contribution >= 0.6 is 0 Å². The summed E-state index contributed by atoms with van der Waals surface area (Å²) >= 11 is 0. The number of anilines is 1. The first-order valence-corrected chi connectivity index (χ1v) is 11.8. The molecule has 0 fully saturated rings. The molecule has 0 aliphatic heterocycles. The van der Waals surface area contributed by atoms with Crippen LogP contribution in [0.3, 0.4) is 0 Å². The summed E-state index contributed by atoms with van der Waals surface area (Å²) in [6.07, 6.45) is 1.08. The lowest BCUT2D eigenvalue weighted by Crippen LogP contribution is -2.46. The van der Waals surface area contributed by atoms with Crippen LogP contribution in [0.15, 0.2) is 53.4 Å². The third-order valence-electron chi connectivity index (χ3n) is 3.82. The van der Waals surface area contributed by atoms with Crippen molar-refractivity contribution in [3.05, 3.63) is 59.7 Å². The van der Waals surface area contributed by atoms with Gasteiger partial charge in [0.05, 0.1) is 11.5 Å². The van der Waals surface area contributed by atoms with Gasteiger partial charge in [-0.3, -0.25) is 4.79 Å². The monoisotopic (exact) mass is 450 g/mol. The number of nitrogens with one attached hydrogen (secondary N) is 2. The zero-order valence-corrected chi connectivity index (χ0v) is 20.0. The predicted octanol–water partition coefficient (Wildman–Crippen LogP) is 3.72. The number of methoxy groups -OCH3 is 1. The lowest BCUT2D eigenvalue weighted by molar-refractivity contribution is -0.118. The second kappa shape index (κ2) is 15.3. The number of hydrogen-bond acceptors (Lipinski definition) is 5. The molecule has 0 saturated heterocycles. The fourth-order valence-electron chi connectivity index (χ4n) is 2.35. The van der Waals surface area contributed by atoms with Crippen LogP contribution in [0.5, 0.6) is 0 Å². The van der Waals surface area contributed by atoms with Crippen molar-refractivity contribution in [2.45, 2.75) is 52.0 Å². The third kappa shape index (κ3) is 9.87.